The molecule has 1 unspecified atom stereocenters. The van der Waals surface area contributed by atoms with Crippen molar-refractivity contribution >= 4 is 5.97 Å². The molecule has 0 aromatic heterocycles. The molecule has 0 saturated carbocycles. The van der Waals surface area contributed by atoms with E-state index in [2.05, 4.69) is 11.8 Å². The van der Waals surface area contributed by atoms with Gasteiger partial charge in [-0.1, -0.05) is 37.3 Å². The van der Waals surface area contributed by atoms with Crippen LogP contribution in [0.15, 0.2) is 30.3 Å². The molecule has 1 heterocycles. The Hall–Kier alpha value is -1.35. The first-order valence-electron chi connectivity index (χ1n) is 6.67. The Morgan fingerprint density at radius 3 is 2.50 bits per heavy atom. The zero-order valence-corrected chi connectivity index (χ0v) is 10.9. The fourth-order valence-corrected chi connectivity index (χ4v) is 2.64. The SMILES string of the molecule is CC1CCN(C(CC(=O)O)c2ccccc2)CC1. The third kappa shape index (κ3) is 3.33. The molecule has 2 rings (SSSR count). The van der Waals surface area contributed by atoms with Gasteiger partial charge in [0.25, 0.3) is 0 Å². The van der Waals surface area contributed by atoms with Crippen LogP contribution in [0.3, 0.4) is 0 Å². The highest BCUT2D eigenvalue weighted by atomic mass is 16.4. The van der Waals surface area contributed by atoms with Crippen molar-refractivity contribution < 1.29 is 9.90 Å². The Labute approximate surface area is 108 Å². The first-order chi connectivity index (χ1) is 8.66. The molecule has 3 nitrogen and oxygen atoms in total. The Bertz CT molecular complexity index is 383. The van der Waals surface area contributed by atoms with Crippen molar-refractivity contribution in [1.29, 1.82) is 0 Å². The maximum atomic E-state index is 11.1. The molecule has 18 heavy (non-hydrogen) atoms. The highest BCUT2D eigenvalue weighted by molar-refractivity contribution is 5.68. The molecule has 0 aliphatic carbocycles. The molecule has 0 radical (unpaired) electrons. The van der Waals surface area contributed by atoms with Gasteiger partial charge in [0.1, 0.15) is 0 Å². The van der Waals surface area contributed by atoms with Crippen molar-refractivity contribution in [2.24, 2.45) is 5.92 Å². The number of carboxylic acids is 1. The Morgan fingerprint density at radius 1 is 1.33 bits per heavy atom. The zero-order valence-electron chi connectivity index (χ0n) is 10.9. The molecular weight excluding hydrogens is 226 g/mol. The molecule has 0 spiro atoms. The molecule has 1 atom stereocenters. The highest BCUT2D eigenvalue weighted by Gasteiger charge is 2.26. The largest absolute Gasteiger partial charge is 0.481 e. The second-order valence-corrected chi connectivity index (χ2v) is 5.24. The summed E-state index contributed by atoms with van der Waals surface area (Å²) in [6.45, 7) is 4.29. The predicted octanol–water partition coefficient (Wildman–Crippen LogP) is 2.93. The van der Waals surface area contributed by atoms with Crippen molar-refractivity contribution in [3.63, 3.8) is 0 Å². The average molecular weight is 247 g/mol. The molecule has 1 aromatic rings. The van der Waals surface area contributed by atoms with Crippen LogP contribution in [0.5, 0.6) is 0 Å². The van der Waals surface area contributed by atoms with Gasteiger partial charge in [0.05, 0.1) is 6.42 Å². The van der Waals surface area contributed by atoms with E-state index < -0.39 is 5.97 Å². The van der Waals surface area contributed by atoms with Crippen LogP contribution in [0, 0.1) is 5.92 Å². The molecule has 1 aliphatic rings. The van der Waals surface area contributed by atoms with Gasteiger partial charge < -0.3 is 5.11 Å². The summed E-state index contributed by atoms with van der Waals surface area (Å²) in [6.07, 6.45) is 2.53. The molecule has 98 valence electrons. The summed E-state index contributed by atoms with van der Waals surface area (Å²) in [5.41, 5.74) is 1.12. The lowest BCUT2D eigenvalue weighted by atomic mass is 9.94. The van der Waals surface area contributed by atoms with Gasteiger partial charge in [-0.15, -0.1) is 0 Å². The van der Waals surface area contributed by atoms with Gasteiger partial charge in [-0.2, -0.15) is 0 Å². The van der Waals surface area contributed by atoms with Crippen LogP contribution in [-0.2, 0) is 4.79 Å². The number of nitrogens with zero attached hydrogens (tertiary/aromatic N) is 1. The number of hydrogen-bond acceptors (Lipinski definition) is 2. The summed E-state index contributed by atoms with van der Waals surface area (Å²) in [5.74, 6) is 0.0463. The average Bonchev–Trinajstić information content (AvgIpc) is 2.38. The van der Waals surface area contributed by atoms with Gasteiger partial charge in [0.2, 0.25) is 0 Å². The van der Waals surface area contributed by atoms with Crippen LogP contribution in [0.1, 0.15) is 37.8 Å². The van der Waals surface area contributed by atoms with Crippen molar-refractivity contribution in [1.82, 2.24) is 4.90 Å². The van der Waals surface area contributed by atoms with E-state index in [0.717, 1.165) is 24.6 Å². The van der Waals surface area contributed by atoms with Crippen LogP contribution in [0.2, 0.25) is 0 Å². The minimum absolute atomic E-state index is 0.0243. The van der Waals surface area contributed by atoms with Gasteiger partial charge in [0, 0.05) is 6.04 Å². The lowest BCUT2D eigenvalue weighted by Crippen LogP contribution is -2.37. The van der Waals surface area contributed by atoms with Crippen LogP contribution in [-0.4, -0.2) is 29.1 Å². The maximum Gasteiger partial charge on any atom is 0.305 e. The second-order valence-electron chi connectivity index (χ2n) is 5.24. The summed E-state index contributed by atoms with van der Waals surface area (Å²) in [6, 6.07) is 10.0. The molecule has 1 fully saturated rings. The third-order valence-corrected chi connectivity index (χ3v) is 3.81. The van der Waals surface area contributed by atoms with Crippen LogP contribution < -0.4 is 0 Å². The summed E-state index contributed by atoms with van der Waals surface area (Å²) >= 11 is 0. The quantitative estimate of drug-likeness (QED) is 0.889. The van der Waals surface area contributed by atoms with Crippen molar-refractivity contribution in [3.8, 4) is 0 Å². The van der Waals surface area contributed by atoms with Gasteiger partial charge >= 0.3 is 5.97 Å². The van der Waals surface area contributed by atoms with E-state index in [9.17, 15) is 4.79 Å². The lowest BCUT2D eigenvalue weighted by molar-refractivity contribution is -0.138. The molecule has 0 amide bonds. The summed E-state index contributed by atoms with van der Waals surface area (Å²) in [5, 5.41) is 9.10. The molecule has 3 heteroatoms. The maximum absolute atomic E-state index is 11.1. The molecule has 1 saturated heterocycles. The first-order valence-corrected chi connectivity index (χ1v) is 6.67. The van der Waals surface area contributed by atoms with Gasteiger partial charge in [-0.25, -0.2) is 0 Å². The highest BCUT2D eigenvalue weighted by Crippen LogP contribution is 2.29. The van der Waals surface area contributed by atoms with E-state index in [1.807, 2.05) is 30.3 Å². The van der Waals surface area contributed by atoms with Crippen LogP contribution >= 0.6 is 0 Å². The monoisotopic (exact) mass is 247 g/mol. The summed E-state index contributed by atoms with van der Waals surface area (Å²) < 4.78 is 0. The minimum atomic E-state index is -0.720. The summed E-state index contributed by atoms with van der Waals surface area (Å²) in [4.78, 5) is 13.4. The molecule has 0 bridgehead atoms. The van der Waals surface area contributed by atoms with E-state index in [1.54, 1.807) is 0 Å². The predicted molar refractivity (Wildman–Crippen MR) is 71.4 cm³/mol. The number of likely N-dealkylation sites (tertiary alicyclic amines) is 1. The number of rotatable bonds is 4. The van der Waals surface area contributed by atoms with E-state index in [4.69, 9.17) is 5.11 Å². The number of carboxylic acid groups (broad SMARTS) is 1. The topological polar surface area (TPSA) is 40.5 Å². The Balaban J connectivity index is 2.12. The minimum Gasteiger partial charge on any atom is -0.481 e. The Morgan fingerprint density at radius 2 is 1.94 bits per heavy atom. The molecular formula is C15H21NO2. The second kappa shape index (κ2) is 6.01. The summed E-state index contributed by atoms with van der Waals surface area (Å²) in [7, 11) is 0. The fraction of sp³-hybridized carbons (Fsp3) is 0.533. The molecule has 1 N–H and O–H groups in total. The van der Waals surface area contributed by atoms with Crippen molar-refractivity contribution in [2.45, 2.75) is 32.2 Å². The number of aliphatic carboxylic acids is 1. The van der Waals surface area contributed by atoms with E-state index in [0.29, 0.717) is 0 Å². The standard InChI is InChI=1S/C15H21NO2/c1-12-7-9-16(10-8-12)14(11-15(17)18)13-5-3-2-4-6-13/h2-6,12,14H,7-11H2,1H3,(H,17,18). The van der Waals surface area contributed by atoms with Crippen molar-refractivity contribution in [3.05, 3.63) is 35.9 Å². The normalized spacial score (nSPS) is 19.6. The van der Waals surface area contributed by atoms with E-state index >= 15 is 0 Å². The van der Waals surface area contributed by atoms with Crippen LogP contribution in [0.25, 0.3) is 0 Å². The molecule has 1 aliphatic heterocycles. The number of piperidine rings is 1. The van der Waals surface area contributed by atoms with Gasteiger partial charge in [-0.3, -0.25) is 9.69 Å². The zero-order chi connectivity index (χ0) is 13.0. The van der Waals surface area contributed by atoms with E-state index in [1.165, 1.54) is 12.8 Å². The third-order valence-electron chi connectivity index (χ3n) is 3.81. The smallest absolute Gasteiger partial charge is 0.305 e. The van der Waals surface area contributed by atoms with Gasteiger partial charge in [-0.05, 0) is 37.4 Å². The van der Waals surface area contributed by atoms with Gasteiger partial charge in [0.15, 0.2) is 0 Å². The van der Waals surface area contributed by atoms with Crippen LogP contribution in [0.4, 0.5) is 0 Å². The van der Waals surface area contributed by atoms with Crippen molar-refractivity contribution in [2.75, 3.05) is 13.1 Å². The number of carbonyl (C=O) groups is 1. The number of benzene rings is 1. The fourth-order valence-electron chi connectivity index (χ4n) is 2.64. The number of hydrogen-bond donors (Lipinski definition) is 1. The molecule has 1 aromatic carbocycles. The lowest BCUT2D eigenvalue weighted by Gasteiger charge is -2.36. The Kier molecular flexibility index (Phi) is 4.37. The first kappa shape index (κ1) is 13.1. The van der Waals surface area contributed by atoms with E-state index in [-0.39, 0.29) is 12.5 Å².